The Labute approximate surface area is 138 Å². The highest BCUT2D eigenvalue weighted by Gasteiger charge is 2.02. The van der Waals surface area contributed by atoms with Gasteiger partial charge >= 0.3 is 0 Å². The number of hydrogen-bond donors (Lipinski definition) is 1. The van der Waals surface area contributed by atoms with Crippen molar-refractivity contribution in [1.82, 2.24) is 19.7 Å². The van der Waals surface area contributed by atoms with Gasteiger partial charge in [0.05, 0.1) is 25.2 Å². The fourth-order valence-electron chi connectivity index (χ4n) is 1.96. The molecule has 2 aromatic heterocycles. The van der Waals surface area contributed by atoms with Crippen LogP contribution >= 0.6 is 0 Å². The SMILES string of the molecule is COc1ccc(/C=C/C(=O)Nc2cnc(-n3cccn3)nc2)cc1. The van der Waals surface area contributed by atoms with Crippen LogP contribution < -0.4 is 10.1 Å². The molecule has 0 bridgehead atoms. The van der Waals surface area contributed by atoms with Gasteiger partial charge in [-0.1, -0.05) is 12.1 Å². The van der Waals surface area contributed by atoms with E-state index in [0.717, 1.165) is 11.3 Å². The normalized spacial score (nSPS) is 10.7. The van der Waals surface area contributed by atoms with Crippen molar-refractivity contribution in [2.45, 2.75) is 0 Å². The van der Waals surface area contributed by atoms with Gasteiger partial charge in [0.2, 0.25) is 5.91 Å². The zero-order chi connectivity index (χ0) is 16.8. The van der Waals surface area contributed by atoms with E-state index in [4.69, 9.17) is 4.74 Å². The summed E-state index contributed by atoms with van der Waals surface area (Å²) in [7, 11) is 1.61. The molecule has 24 heavy (non-hydrogen) atoms. The molecule has 0 unspecified atom stereocenters. The lowest BCUT2D eigenvalue weighted by atomic mass is 10.2. The number of methoxy groups -OCH3 is 1. The third kappa shape index (κ3) is 3.83. The predicted molar refractivity (Wildman–Crippen MR) is 89.8 cm³/mol. The molecule has 120 valence electrons. The Morgan fingerprint density at radius 1 is 1.21 bits per heavy atom. The fourth-order valence-corrected chi connectivity index (χ4v) is 1.96. The number of rotatable bonds is 5. The molecule has 7 nitrogen and oxygen atoms in total. The van der Waals surface area contributed by atoms with Crippen LogP contribution in [0.15, 0.2) is 61.2 Å². The van der Waals surface area contributed by atoms with Crippen molar-refractivity contribution in [3.05, 3.63) is 66.8 Å². The highest BCUT2D eigenvalue weighted by atomic mass is 16.5. The summed E-state index contributed by atoms with van der Waals surface area (Å²) < 4.78 is 6.62. The van der Waals surface area contributed by atoms with Gasteiger partial charge in [-0.2, -0.15) is 5.10 Å². The first-order valence-corrected chi connectivity index (χ1v) is 7.20. The molecule has 1 aromatic carbocycles. The molecule has 3 aromatic rings. The van der Waals surface area contributed by atoms with E-state index in [1.165, 1.54) is 23.2 Å². The Morgan fingerprint density at radius 2 is 1.96 bits per heavy atom. The minimum Gasteiger partial charge on any atom is -0.497 e. The zero-order valence-electron chi connectivity index (χ0n) is 13.0. The number of carbonyl (C=O) groups excluding carboxylic acids is 1. The monoisotopic (exact) mass is 321 g/mol. The lowest BCUT2D eigenvalue weighted by Crippen LogP contribution is -2.09. The smallest absolute Gasteiger partial charge is 0.250 e. The summed E-state index contributed by atoms with van der Waals surface area (Å²) >= 11 is 0. The molecule has 2 heterocycles. The molecule has 0 radical (unpaired) electrons. The topological polar surface area (TPSA) is 81.9 Å². The summed E-state index contributed by atoms with van der Waals surface area (Å²) in [6.45, 7) is 0. The van der Waals surface area contributed by atoms with Crippen molar-refractivity contribution in [3.63, 3.8) is 0 Å². The predicted octanol–water partition coefficient (Wildman–Crippen LogP) is 2.32. The molecule has 3 rings (SSSR count). The Bertz CT molecular complexity index is 824. The maximum absolute atomic E-state index is 11.9. The number of hydrogen-bond acceptors (Lipinski definition) is 5. The summed E-state index contributed by atoms with van der Waals surface area (Å²) in [4.78, 5) is 20.2. The van der Waals surface area contributed by atoms with Crippen molar-refractivity contribution in [2.24, 2.45) is 0 Å². The second kappa shape index (κ2) is 7.19. The summed E-state index contributed by atoms with van der Waals surface area (Å²) in [6.07, 6.45) is 9.61. The number of nitrogens with one attached hydrogen (secondary N) is 1. The molecule has 7 heteroatoms. The van der Waals surface area contributed by atoms with Crippen molar-refractivity contribution in [3.8, 4) is 11.7 Å². The van der Waals surface area contributed by atoms with Gasteiger partial charge in [0.25, 0.3) is 5.95 Å². The van der Waals surface area contributed by atoms with Crippen molar-refractivity contribution >= 4 is 17.7 Å². The molecule has 0 saturated heterocycles. The van der Waals surface area contributed by atoms with E-state index in [1.54, 1.807) is 31.6 Å². The van der Waals surface area contributed by atoms with Crippen LogP contribution in [-0.4, -0.2) is 32.8 Å². The van der Waals surface area contributed by atoms with Gasteiger partial charge < -0.3 is 10.1 Å². The number of nitrogens with zero attached hydrogens (tertiary/aromatic N) is 4. The van der Waals surface area contributed by atoms with E-state index in [9.17, 15) is 4.79 Å². The van der Waals surface area contributed by atoms with E-state index in [2.05, 4.69) is 20.4 Å². The van der Waals surface area contributed by atoms with Crippen LogP contribution in [0.5, 0.6) is 5.75 Å². The summed E-state index contributed by atoms with van der Waals surface area (Å²) in [5.74, 6) is 0.944. The van der Waals surface area contributed by atoms with Gasteiger partial charge in [-0.25, -0.2) is 14.6 Å². The Morgan fingerprint density at radius 3 is 2.58 bits per heavy atom. The standard InChI is InChI=1S/C17H15N5O2/c1-24-15-6-3-13(4-7-15)5-8-16(23)21-14-11-18-17(19-12-14)22-10-2-9-20-22/h2-12H,1H3,(H,21,23)/b8-5+. The van der Waals surface area contributed by atoms with Crippen LogP contribution in [-0.2, 0) is 4.79 Å². The number of aromatic nitrogens is 4. The Kier molecular flexibility index (Phi) is 4.62. The first kappa shape index (κ1) is 15.4. The minimum absolute atomic E-state index is 0.263. The van der Waals surface area contributed by atoms with Crippen LogP contribution in [0.4, 0.5) is 5.69 Å². The molecule has 0 aliphatic heterocycles. The molecule has 0 atom stereocenters. The number of ether oxygens (including phenoxy) is 1. The van der Waals surface area contributed by atoms with Gasteiger partial charge in [0.1, 0.15) is 5.75 Å². The summed E-state index contributed by atoms with van der Waals surface area (Å²) in [5.41, 5.74) is 1.41. The highest BCUT2D eigenvalue weighted by molar-refractivity contribution is 6.01. The Hall–Kier alpha value is -3.48. The molecular formula is C17H15N5O2. The average molecular weight is 321 g/mol. The lowest BCUT2D eigenvalue weighted by Gasteiger charge is -2.03. The fraction of sp³-hybridized carbons (Fsp3) is 0.0588. The maximum Gasteiger partial charge on any atom is 0.250 e. The first-order chi connectivity index (χ1) is 11.7. The quantitative estimate of drug-likeness (QED) is 0.729. The largest absolute Gasteiger partial charge is 0.497 e. The van der Waals surface area contributed by atoms with Gasteiger partial charge in [-0.15, -0.1) is 0 Å². The van der Waals surface area contributed by atoms with Crippen LogP contribution in [0, 0.1) is 0 Å². The van der Waals surface area contributed by atoms with Gasteiger partial charge in [-0.05, 0) is 29.8 Å². The maximum atomic E-state index is 11.9. The van der Waals surface area contributed by atoms with E-state index >= 15 is 0 Å². The van der Waals surface area contributed by atoms with Gasteiger partial charge in [0.15, 0.2) is 0 Å². The second-order valence-electron chi connectivity index (χ2n) is 4.82. The van der Waals surface area contributed by atoms with E-state index in [-0.39, 0.29) is 5.91 Å². The molecule has 0 fully saturated rings. The summed E-state index contributed by atoms with van der Waals surface area (Å²) in [6, 6.07) is 9.18. The molecular weight excluding hydrogens is 306 g/mol. The highest BCUT2D eigenvalue weighted by Crippen LogP contribution is 2.12. The molecule has 0 spiro atoms. The van der Waals surface area contributed by atoms with Crippen LogP contribution in [0.3, 0.4) is 0 Å². The van der Waals surface area contributed by atoms with Crippen LogP contribution in [0.1, 0.15) is 5.56 Å². The number of carbonyl (C=O) groups is 1. The lowest BCUT2D eigenvalue weighted by molar-refractivity contribution is -0.111. The first-order valence-electron chi connectivity index (χ1n) is 7.20. The van der Waals surface area contributed by atoms with Gasteiger partial charge in [0, 0.05) is 18.5 Å². The second-order valence-corrected chi connectivity index (χ2v) is 4.82. The molecule has 0 aliphatic carbocycles. The van der Waals surface area contributed by atoms with Crippen molar-refractivity contribution in [1.29, 1.82) is 0 Å². The van der Waals surface area contributed by atoms with Crippen molar-refractivity contribution < 1.29 is 9.53 Å². The number of anilines is 1. The van der Waals surface area contributed by atoms with Crippen LogP contribution in [0.25, 0.3) is 12.0 Å². The third-order valence-corrected chi connectivity index (χ3v) is 3.16. The van der Waals surface area contributed by atoms with E-state index in [0.29, 0.717) is 11.6 Å². The van der Waals surface area contributed by atoms with Gasteiger partial charge in [-0.3, -0.25) is 4.79 Å². The molecule has 1 amide bonds. The summed E-state index contributed by atoms with van der Waals surface area (Å²) in [5, 5.41) is 6.74. The van der Waals surface area contributed by atoms with Crippen LogP contribution in [0.2, 0.25) is 0 Å². The third-order valence-electron chi connectivity index (χ3n) is 3.16. The molecule has 1 N–H and O–H groups in total. The van der Waals surface area contributed by atoms with Crippen molar-refractivity contribution in [2.75, 3.05) is 12.4 Å². The minimum atomic E-state index is -0.263. The Balaban J connectivity index is 1.60. The zero-order valence-corrected chi connectivity index (χ0v) is 13.0. The van der Waals surface area contributed by atoms with E-state index in [1.807, 2.05) is 24.3 Å². The molecule has 0 aliphatic rings. The molecule has 0 saturated carbocycles. The average Bonchev–Trinajstić information content (AvgIpc) is 3.16. The number of amides is 1. The van der Waals surface area contributed by atoms with E-state index < -0.39 is 0 Å². The number of benzene rings is 1.